The summed E-state index contributed by atoms with van der Waals surface area (Å²) in [6, 6.07) is 7.76. The van der Waals surface area contributed by atoms with Crippen molar-refractivity contribution < 1.29 is 30.7 Å². The zero-order valence-electron chi connectivity index (χ0n) is 23.3. The number of hydrogen-bond donors (Lipinski definition) is 0. The highest BCUT2D eigenvalue weighted by atomic mass is 19.4. The normalized spacial score (nSPS) is 11.9. The molecule has 3 heterocycles. The predicted molar refractivity (Wildman–Crippen MR) is 144 cm³/mol. The summed E-state index contributed by atoms with van der Waals surface area (Å²) < 4.78 is 86.5. The van der Waals surface area contributed by atoms with Gasteiger partial charge in [0.05, 0.1) is 29.1 Å². The van der Waals surface area contributed by atoms with Crippen molar-refractivity contribution in [3.05, 3.63) is 108 Å². The summed E-state index contributed by atoms with van der Waals surface area (Å²) in [7, 11) is 0. The molecule has 0 bridgehead atoms. The average molecular weight is 584 g/mol. The van der Waals surface area contributed by atoms with Crippen LogP contribution in [0.2, 0.25) is 0 Å². The van der Waals surface area contributed by atoms with Gasteiger partial charge < -0.3 is 4.57 Å². The topological polar surface area (TPSA) is 56.5 Å². The van der Waals surface area contributed by atoms with Crippen molar-refractivity contribution in [2.24, 2.45) is 0 Å². The van der Waals surface area contributed by atoms with Crippen LogP contribution >= 0.6 is 0 Å². The third-order valence-electron chi connectivity index (χ3n) is 5.11. The molecular formula is C29H32F7N5. The van der Waals surface area contributed by atoms with Crippen LogP contribution in [0.1, 0.15) is 57.9 Å². The fourth-order valence-corrected chi connectivity index (χ4v) is 2.91. The number of alkyl halides is 6. The molecule has 0 saturated carbocycles. The minimum absolute atomic E-state index is 0.0833. The highest BCUT2D eigenvalue weighted by Gasteiger charge is 2.35. The minimum Gasteiger partial charge on any atom is -0.346 e. The largest absolute Gasteiger partial charge is 0.416 e. The second kappa shape index (κ2) is 16.9. The summed E-state index contributed by atoms with van der Waals surface area (Å²) in [5.74, 6) is -0.0972. The van der Waals surface area contributed by atoms with E-state index in [1.807, 2.05) is 62.9 Å². The number of pyridine rings is 1. The van der Waals surface area contributed by atoms with Gasteiger partial charge in [-0.25, -0.2) is 14.4 Å². The van der Waals surface area contributed by atoms with Gasteiger partial charge in [-0.05, 0) is 68.3 Å². The van der Waals surface area contributed by atoms with Gasteiger partial charge in [0.25, 0.3) is 0 Å². The number of benzene rings is 1. The van der Waals surface area contributed by atoms with Gasteiger partial charge in [0.2, 0.25) is 0 Å². The first-order valence-corrected chi connectivity index (χ1v) is 12.6. The summed E-state index contributed by atoms with van der Waals surface area (Å²) in [4.78, 5) is 8.27. The highest BCUT2D eigenvalue weighted by Crippen LogP contribution is 2.34. The minimum atomic E-state index is -4.75. The van der Waals surface area contributed by atoms with E-state index in [1.165, 1.54) is 6.08 Å². The molecule has 0 aliphatic carbocycles. The first-order valence-electron chi connectivity index (χ1n) is 12.6. The molecule has 0 saturated heterocycles. The maximum Gasteiger partial charge on any atom is 0.416 e. The molecule has 1 aromatic carbocycles. The molecule has 0 atom stereocenters. The van der Waals surface area contributed by atoms with Crippen molar-refractivity contribution in [3.63, 3.8) is 0 Å². The number of aromatic nitrogens is 5. The van der Waals surface area contributed by atoms with Crippen molar-refractivity contribution in [1.29, 1.82) is 0 Å². The van der Waals surface area contributed by atoms with Gasteiger partial charge in [-0.15, -0.1) is 0 Å². The summed E-state index contributed by atoms with van der Waals surface area (Å²) in [5.41, 5.74) is 0.945. The SMILES string of the molecule is C/C=C\C(F)=C(\C)CC.CC.FC(F)(F)c1cccc(C(F)(F)F)c1.c1cnnc(Cn2ccc3ncnc-3c2)c1. The van der Waals surface area contributed by atoms with Crippen molar-refractivity contribution in [2.45, 2.75) is 59.9 Å². The van der Waals surface area contributed by atoms with E-state index in [-0.39, 0.29) is 11.9 Å². The van der Waals surface area contributed by atoms with Crippen LogP contribution in [0.5, 0.6) is 0 Å². The molecule has 0 N–H and O–H groups in total. The molecule has 0 radical (unpaired) electrons. The molecule has 2 aliphatic heterocycles. The molecule has 4 rings (SSSR count). The second-order valence-electron chi connectivity index (χ2n) is 8.03. The van der Waals surface area contributed by atoms with E-state index in [1.54, 1.807) is 25.5 Å². The van der Waals surface area contributed by atoms with E-state index in [9.17, 15) is 30.7 Å². The number of allylic oxidation sites excluding steroid dienone is 4. The van der Waals surface area contributed by atoms with Crippen molar-refractivity contribution >= 4 is 0 Å². The standard InChI is InChI=1S/C11H9N5.C8H4F6.C8H13F.C2H6/c1-2-9(15-14-4-1)6-16-5-3-10-11(7-16)13-8-12-10;9-7(10,11)5-2-1-3-6(4-5)8(12,13)14;1-4-6-8(9)7(3)5-2;1-2/h1-5,7-8H,6H2;1-4H;4,6H,5H2,1-3H3;1-2H3/b;;6-4-,8-7+;. The van der Waals surface area contributed by atoms with Gasteiger partial charge in [0.15, 0.2) is 0 Å². The Morgan fingerprint density at radius 1 is 0.902 bits per heavy atom. The molecule has 5 nitrogen and oxygen atoms in total. The molecule has 2 aliphatic rings. The Labute approximate surface area is 234 Å². The van der Waals surface area contributed by atoms with Gasteiger partial charge in [-0.2, -0.15) is 36.5 Å². The summed E-state index contributed by atoms with van der Waals surface area (Å²) in [5, 5.41) is 7.88. The van der Waals surface area contributed by atoms with Crippen LogP contribution in [0.4, 0.5) is 30.7 Å². The van der Waals surface area contributed by atoms with Crippen LogP contribution in [0.15, 0.2) is 90.9 Å². The highest BCUT2D eigenvalue weighted by molar-refractivity contribution is 5.53. The lowest BCUT2D eigenvalue weighted by molar-refractivity contribution is -0.143. The van der Waals surface area contributed by atoms with E-state index < -0.39 is 23.5 Å². The third kappa shape index (κ3) is 12.3. The Balaban J connectivity index is 0.000000310. The fraction of sp³-hybridized carbons (Fsp3) is 0.310. The molecular weight excluding hydrogens is 551 g/mol. The summed E-state index contributed by atoms with van der Waals surface area (Å²) in [6.45, 7) is 10.2. The zero-order valence-corrected chi connectivity index (χ0v) is 23.3. The fourth-order valence-electron chi connectivity index (χ4n) is 2.91. The monoisotopic (exact) mass is 583 g/mol. The van der Waals surface area contributed by atoms with Gasteiger partial charge in [0, 0.05) is 18.6 Å². The van der Waals surface area contributed by atoms with Crippen LogP contribution in [0, 0.1) is 0 Å². The van der Waals surface area contributed by atoms with Crippen LogP contribution in [-0.2, 0) is 18.9 Å². The van der Waals surface area contributed by atoms with E-state index in [0.29, 0.717) is 18.7 Å². The van der Waals surface area contributed by atoms with E-state index in [2.05, 4.69) is 20.2 Å². The van der Waals surface area contributed by atoms with Crippen LogP contribution in [0.25, 0.3) is 11.4 Å². The lowest BCUT2D eigenvalue weighted by Crippen LogP contribution is -2.09. The molecule has 1 aromatic heterocycles. The second-order valence-corrected chi connectivity index (χ2v) is 8.03. The Kier molecular flexibility index (Phi) is 14.4. The average Bonchev–Trinajstić information content (AvgIpc) is 3.42. The number of hydrogen-bond acceptors (Lipinski definition) is 4. The zero-order chi connectivity index (χ0) is 31.1. The molecule has 0 amide bonds. The number of fused-ring (bicyclic) bond motifs is 1. The molecule has 0 unspecified atom stereocenters. The Morgan fingerprint density at radius 2 is 1.51 bits per heavy atom. The van der Waals surface area contributed by atoms with Crippen molar-refractivity contribution in [3.8, 4) is 11.4 Å². The van der Waals surface area contributed by atoms with Crippen LogP contribution < -0.4 is 0 Å². The summed E-state index contributed by atoms with van der Waals surface area (Å²) in [6.07, 6.45) is 1.63. The van der Waals surface area contributed by atoms with Crippen LogP contribution in [-0.4, -0.2) is 24.7 Å². The first-order chi connectivity index (χ1) is 19.3. The van der Waals surface area contributed by atoms with Crippen molar-refractivity contribution in [1.82, 2.24) is 24.7 Å². The van der Waals surface area contributed by atoms with E-state index in [4.69, 9.17) is 0 Å². The van der Waals surface area contributed by atoms with Crippen molar-refractivity contribution in [2.75, 3.05) is 0 Å². The molecule has 222 valence electrons. The predicted octanol–water partition coefficient (Wildman–Crippen LogP) is 9.19. The summed E-state index contributed by atoms with van der Waals surface area (Å²) >= 11 is 0. The lowest BCUT2D eigenvalue weighted by atomic mass is 10.1. The number of halogens is 7. The Hall–Kier alpha value is -4.09. The third-order valence-corrected chi connectivity index (χ3v) is 5.11. The molecule has 41 heavy (non-hydrogen) atoms. The maximum absolute atomic E-state index is 12.6. The van der Waals surface area contributed by atoms with Gasteiger partial charge >= 0.3 is 12.4 Å². The van der Waals surface area contributed by atoms with Gasteiger partial charge in [-0.3, -0.25) is 0 Å². The Morgan fingerprint density at radius 3 is 2.02 bits per heavy atom. The Bertz CT molecular complexity index is 1300. The number of nitrogens with zero attached hydrogens (tertiary/aromatic N) is 5. The maximum atomic E-state index is 12.6. The smallest absolute Gasteiger partial charge is 0.346 e. The quantitative estimate of drug-likeness (QED) is 0.178. The lowest BCUT2D eigenvalue weighted by Gasteiger charge is -2.10. The van der Waals surface area contributed by atoms with Crippen LogP contribution in [0.3, 0.4) is 0 Å². The number of imidazole rings is 1. The molecule has 2 aromatic rings. The van der Waals surface area contributed by atoms with Gasteiger partial charge in [-0.1, -0.05) is 32.9 Å². The molecule has 0 fully saturated rings. The molecule has 0 spiro atoms. The molecule has 12 heteroatoms. The number of rotatable bonds is 4. The first kappa shape index (κ1) is 34.9. The van der Waals surface area contributed by atoms with Gasteiger partial charge in [0.1, 0.15) is 17.8 Å². The van der Waals surface area contributed by atoms with E-state index >= 15 is 0 Å². The van der Waals surface area contributed by atoms with E-state index in [0.717, 1.165) is 35.1 Å².